The van der Waals surface area contributed by atoms with Crippen molar-refractivity contribution in [2.45, 2.75) is 0 Å². The first-order valence-electron chi connectivity index (χ1n) is 7.21. The Labute approximate surface area is 137 Å². The first kappa shape index (κ1) is 14.0. The van der Waals surface area contributed by atoms with Crippen LogP contribution in [0.3, 0.4) is 0 Å². The third-order valence-corrected chi connectivity index (χ3v) is 3.97. The van der Waals surface area contributed by atoms with Crippen molar-refractivity contribution in [1.82, 2.24) is 4.98 Å². The highest BCUT2D eigenvalue weighted by Gasteiger charge is 2.10. The Balaban J connectivity index is 2.01. The third kappa shape index (κ3) is 2.60. The second-order valence-corrected chi connectivity index (χ2v) is 5.74. The first-order chi connectivity index (χ1) is 11.2. The van der Waals surface area contributed by atoms with E-state index in [1.54, 1.807) is 6.07 Å². The van der Waals surface area contributed by atoms with Gasteiger partial charge in [0.25, 0.3) is 0 Å². The molecule has 2 nitrogen and oxygen atoms in total. The fourth-order valence-corrected chi connectivity index (χ4v) is 2.88. The van der Waals surface area contributed by atoms with Gasteiger partial charge in [-0.15, -0.1) is 0 Å². The van der Waals surface area contributed by atoms with Gasteiger partial charge in [-0.25, -0.2) is 9.37 Å². The fourth-order valence-electron chi connectivity index (χ4n) is 2.71. The number of rotatable bonds is 2. The number of hydrogen-bond donors (Lipinski definition) is 1. The van der Waals surface area contributed by atoms with E-state index in [1.807, 2.05) is 48.5 Å². The number of nitrogens with one attached hydrogen (secondary N) is 1. The van der Waals surface area contributed by atoms with Gasteiger partial charge in [-0.3, -0.25) is 0 Å². The van der Waals surface area contributed by atoms with E-state index in [0.29, 0.717) is 10.7 Å². The number of nitrogens with zero attached hydrogens (tertiary/aromatic N) is 1. The van der Waals surface area contributed by atoms with Crippen LogP contribution in [-0.2, 0) is 0 Å². The predicted octanol–water partition coefficient (Wildman–Crippen LogP) is 5.92. The number of benzene rings is 3. The molecule has 4 aromatic rings. The quantitative estimate of drug-likeness (QED) is 0.463. The molecule has 0 unspecified atom stereocenters. The summed E-state index contributed by atoms with van der Waals surface area (Å²) < 4.78 is 13.5. The van der Waals surface area contributed by atoms with Crippen LogP contribution >= 0.6 is 11.6 Å². The predicted molar refractivity (Wildman–Crippen MR) is 93.9 cm³/mol. The van der Waals surface area contributed by atoms with Gasteiger partial charge in [0.15, 0.2) is 0 Å². The van der Waals surface area contributed by atoms with Crippen LogP contribution in [0.25, 0.3) is 21.8 Å². The molecule has 0 aliphatic heterocycles. The maximum atomic E-state index is 13.5. The van der Waals surface area contributed by atoms with Crippen molar-refractivity contribution in [3.8, 4) is 0 Å². The number of pyridine rings is 1. The molecule has 112 valence electrons. The molecule has 1 aromatic heterocycles. The SMILES string of the molecule is Fc1cccc(Nc2c3ccccc3nc3ccc(Cl)cc23)c1. The fraction of sp³-hybridized carbons (Fsp3) is 0. The number of anilines is 2. The van der Waals surface area contributed by atoms with Crippen molar-refractivity contribution in [3.05, 3.63) is 77.6 Å². The Kier molecular flexibility index (Phi) is 3.36. The van der Waals surface area contributed by atoms with Gasteiger partial charge in [-0.2, -0.15) is 0 Å². The molecule has 0 saturated carbocycles. The highest BCUT2D eigenvalue weighted by molar-refractivity contribution is 6.31. The lowest BCUT2D eigenvalue weighted by Crippen LogP contribution is -1.95. The van der Waals surface area contributed by atoms with Gasteiger partial charge in [0.1, 0.15) is 5.82 Å². The molecule has 0 aliphatic carbocycles. The zero-order valence-corrected chi connectivity index (χ0v) is 12.8. The van der Waals surface area contributed by atoms with Crippen molar-refractivity contribution in [2.24, 2.45) is 0 Å². The highest BCUT2D eigenvalue weighted by atomic mass is 35.5. The maximum absolute atomic E-state index is 13.5. The van der Waals surface area contributed by atoms with Crippen molar-refractivity contribution < 1.29 is 4.39 Å². The average Bonchev–Trinajstić information content (AvgIpc) is 2.55. The Morgan fingerprint density at radius 1 is 0.826 bits per heavy atom. The van der Waals surface area contributed by atoms with Crippen LogP contribution in [0.2, 0.25) is 5.02 Å². The van der Waals surface area contributed by atoms with E-state index in [-0.39, 0.29) is 5.82 Å². The van der Waals surface area contributed by atoms with Crippen LogP contribution < -0.4 is 5.32 Å². The number of hydrogen-bond acceptors (Lipinski definition) is 2. The van der Waals surface area contributed by atoms with E-state index >= 15 is 0 Å². The van der Waals surface area contributed by atoms with Crippen LogP contribution in [0.4, 0.5) is 15.8 Å². The molecule has 3 aromatic carbocycles. The monoisotopic (exact) mass is 322 g/mol. The lowest BCUT2D eigenvalue weighted by atomic mass is 10.1. The molecule has 0 radical (unpaired) electrons. The van der Waals surface area contributed by atoms with Gasteiger partial charge < -0.3 is 5.32 Å². The molecular formula is C19H12ClFN2. The molecule has 0 amide bonds. The van der Waals surface area contributed by atoms with Crippen LogP contribution in [0.5, 0.6) is 0 Å². The van der Waals surface area contributed by atoms with Gasteiger partial charge in [0.05, 0.1) is 16.7 Å². The molecule has 1 N–H and O–H groups in total. The van der Waals surface area contributed by atoms with E-state index in [9.17, 15) is 4.39 Å². The van der Waals surface area contributed by atoms with Crippen molar-refractivity contribution >= 4 is 44.8 Å². The minimum absolute atomic E-state index is 0.282. The number of halogens is 2. The summed E-state index contributed by atoms with van der Waals surface area (Å²) in [7, 11) is 0. The summed E-state index contributed by atoms with van der Waals surface area (Å²) in [5.74, 6) is -0.282. The van der Waals surface area contributed by atoms with Crippen LogP contribution in [-0.4, -0.2) is 4.98 Å². The van der Waals surface area contributed by atoms with Gasteiger partial charge in [-0.1, -0.05) is 35.9 Å². The highest BCUT2D eigenvalue weighted by Crippen LogP contribution is 2.34. The first-order valence-corrected chi connectivity index (χ1v) is 7.59. The summed E-state index contributed by atoms with van der Waals surface area (Å²) in [5.41, 5.74) is 3.27. The molecule has 0 aliphatic rings. The lowest BCUT2D eigenvalue weighted by Gasteiger charge is -2.13. The molecular weight excluding hydrogens is 311 g/mol. The van der Waals surface area contributed by atoms with Gasteiger partial charge >= 0.3 is 0 Å². The number of para-hydroxylation sites is 1. The normalized spacial score (nSPS) is 11.0. The van der Waals surface area contributed by atoms with Crippen LogP contribution in [0.15, 0.2) is 66.7 Å². The van der Waals surface area contributed by atoms with Crippen molar-refractivity contribution in [2.75, 3.05) is 5.32 Å². The van der Waals surface area contributed by atoms with Gasteiger partial charge in [0, 0.05) is 21.5 Å². The number of aromatic nitrogens is 1. The minimum atomic E-state index is -0.282. The van der Waals surface area contributed by atoms with Gasteiger partial charge in [-0.05, 0) is 42.5 Å². The van der Waals surface area contributed by atoms with E-state index in [4.69, 9.17) is 11.6 Å². The Morgan fingerprint density at radius 3 is 2.52 bits per heavy atom. The van der Waals surface area contributed by atoms with E-state index in [0.717, 1.165) is 27.5 Å². The second kappa shape index (κ2) is 5.52. The third-order valence-electron chi connectivity index (χ3n) is 3.74. The molecule has 23 heavy (non-hydrogen) atoms. The minimum Gasteiger partial charge on any atom is -0.354 e. The van der Waals surface area contributed by atoms with E-state index in [2.05, 4.69) is 10.3 Å². The molecule has 4 heteroatoms. The largest absolute Gasteiger partial charge is 0.354 e. The topological polar surface area (TPSA) is 24.9 Å². The number of fused-ring (bicyclic) bond motifs is 2. The summed E-state index contributed by atoms with van der Waals surface area (Å²) in [5, 5.41) is 5.82. The van der Waals surface area contributed by atoms with Crippen molar-refractivity contribution in [1.29, 1.82) is 0 Å². The molecule has 0 fully saturated rings. The standard InChI is InChI=1S/C19H12ClFN2/c20-12-8-9-18-16(10-12)19(15-6-1-2-7-17(15)23-18)22-14-5-3-4-13(21)11-14/h1-11H,(H,22,23). The molecule has 0 spiro atoms. The molecule has 0 saturated heterocycles. The van der Waals surface area contributed by atoms with E-state index in [1.165, 1.54) is 12.1 Å². The van der Waals surface area contributed by atoms with Crippen LogP contribution in [0, 0.1) is 5.82 Å². The second-order valence-electron chi connectivity index (χ2n) is 5.30. The maximum Gasteiger partial charge on any atom is 0.125 e. The smallest absolute Gasteiger partial charge is 0.125 e. The van der Waals surface area contributed by atoms with Crippen molar-refractivity contribution in [3.63, 3.8) is 0 Å². The molecule has 0 atom stereocenters. The molecule has 0 bridgehead atoms. The van der Waals surface area contributed by atoms with Crippen LogP contribution in [0.1, 0.15) is 0 Å². The summed E-state index contributed by atoms with van der Waals surface area (Å²) in [6.07, 6.45) is 0. The summed E-state index contributed by atoms with van der Waals surface area (Å²) >= 11 is 6.15. The zero-order chi connectivity index (χ0) is 15.8. The summed E-state index contributed by atoms with van der Waals surface area (Å²) in [6.45, 7) is 0. The lowest BCUT2D eigenvalue weighted by molar-refractivity contribution is 0.628. The summed E-state index contributed by atoms with van der Waals surface area (Å²) in [4.78, 5) is 4.67. The van der Waals surface area contributed by atoms with Gasteiger partial charge in [0.2, 0.25) is 0 Å². The molecule has 4 rings (SSSR count). The molecule has 1 heterocycles. The summed E-state index contributed by atoms with van der Waals surface area (Å²) in [6, 6.07) is 19.8. The Morgan fingerprint density at radius 2 is 1.65 bits per heavy atom. The van der Waals surface area contributed by atoms with E-state index < -0.39 is 0 Å². The Hall–Kier alpha value is -2.65. The average molecular weight is 323 g/mol. The Bertz CT molecular complexity index is 1030. The zero-order valence-electron chi connectivity index (χ0n) is 12.1.